The summed E-state index contributed by atoms with van der Waals surface area (Å²) in [6.45, 7) is 11.5. The summed E-state index contributed by atoms with van der Waals surface area (Å²) in [6.07, 6.45) is 32.0. The summed E-state index contributed by atoms with van der Waals surface area (Å²) in [6, 6.07) is 4.42. The zero-order chi connectivity index (χ0) is 27.9. The predicted octanol–water partition coefficient (Wildman–Crippen LogP) is 9.64. The van der Waals surface area contributed by atoms with E-state index in [0.717, 1.165) is 47.4 Å². The molecule has 5 rings (SSSR count). The zero-order valence-electron chi connectivity index (χ0n) is 25.1. The standard InChI is InChI=1S/C36H51N3O/c1-4-8-27-13-18-31(19-14-27)39(36-12-7-10-29-9-5-6-11-34(29)36)32-20-15-28(16-21-32)17-22-33-24-30(23-26(2)40-33)35(25-37)38-3/h17,22-24,27-29,31-32,34,36H,4-16,18-21H2,1-2H3/b22-17+,35-30-. The second-order valence-electron chi connectivity index (χ2n) is 13.5. The fourth-order valence-electron chi connectivity index (χ4n) is 9.11. The molecule has 216 valence electrons. The normalized spacial score (nSPS) is 36.1. The van der Waals surface area contributed by atoms with E-state index in [1.807, 2.05) is 19.1 Å². The maximum atomic E-state index is 9.30. The predicted molar refractivity (Wildman–Crippen MR) is 163 cm³/mol. The molecule has 0 aromatic heterocycles. The third kappa shape index (κ3) is 6.94. The molecule has 0 radical (unpaired) electrons. The SMILES string of the molecule is [C-]#[N+]/C(C#N)=C1/C=C(C)OC(/C=C/C2CCC(N(C3CCC(CCC)CC3)C3CCCC4CCCCC43)CC2)=C1. The Balaban J connectivity index is 1.26. The molecule has 4 heteroatoms. The van der Waals surface area contributed by atoms with Gasteiger partial charge in [-0.15, -0.1) is 0 Å². The van der Waals surface area contributed by atoms with Crippen molar-refractivity contribution in [2.45, 2.75) is 141 Å². The molecule has 4 nitrogen and oxygen atoms in total. The third-order valence-electron chi connectivity index (χ3n) is 11.0. The molecule has 1 aliphatic heterocycles. The van der Waals surface area contributed by atoms with Gasteiger partial charge >= 0.3 is 0 Å². The molecule has 4 fully saturated rings. The lowest BCUT2D eigenvalue weighted by Gasteiger charge is -2.53. The van der Waals surface area contributed by atoms with Crippen molar-refractivity contribution in [3.8, 4) is 6.07 Å². The molecule has 4 saturated carbocycles. The van der Waals surface area contributed by atoms with Gasteiger partial charge in [-0.2, -0.15) is 0 Å². The van der Waals surface area contributed by atoms with Crippen molar-refractivity contribution < 1.29 is 4.74 Å². The molecule has 4 aliphatic carbocycles. The van der Waals surface area contributed by atoms with Gasteiger partial charge in [0.15, 0.2) is 0 Å². The van der Waals surface area contributed by atoms with E-state index in [9.17, 15) is 5.26 Å². The Morgan fingerprint density at radius 2 is 1.68 bits per heavy atom. The number of allylic oxidation sites excluding steroid dienone is 7. The number of fused-ring (bicyclic) bond motifs is 1. The van der Waals surface area contributed by atoms with Crippen LogP contribution in [0, 0.1) is 41.6 Å². The zero-order valence-corrected chi connectivity index (χ0v) is 25.1. The highest BCUT2D eigenvalue weighted by Crippen LogP contribution is 2.46. The highest BCUT2D eigenvalue weighted by Gasteiger charge is 2.43. The van der Waals surface area contributed by atoms with Crippen LogP contribution >= 0.6 is 0 Å². The van der Waals surface area contributed by atoms with Crippen molar-refractivity contribution in [2.24, 2.45) is 23.7 Å². The van der Waals surface area contributed by atoms with Gasteiger partial charge in [0, 0.05) is 18.1 Å². The molecule has 3 unspecified atom stereocenters. The van der Waals surface area contributed by atoms with Gasteiger partial charge in [-0.1, -0.05) is 57.9 Å². The molecule has 0 amide bonds. The minimum absolute atomic E-state index is 0.126. The lowest BCUT2D eigenvalue weighted by Crippen LogP contribution is -2.56. The van der Waals surface area contributed by atoms with E-state index < -0.39 is 0 Å². The molecule has 0 aromatic carbocycles. The molecule has 0 N–H and O–H groups in total. The van der Waals surface area contributed by atoms with Gasteiger partial charge in [0.25, 0.3) is 5.70 Å². The first-order valence-corrected chi connectivity index (χ1v) is 16.6. The Morgan fingerprint density at radius 1 is 0.975 bits per heavy atom. The van der Waals surface area contributed by atoms with Crippen LogP contribution in [0.4, 0.5) is 0 Å². The third-order valence-corrected chi connectivity index (χ3v) is 11.0. The molecule has 0 aromatic rings. The van der Waals surface area contributed by atoms with Gasteiger partial charge in [0.05, 0.1) is 12.6 Å². The topological polar surface area (TPSA) is 40.6 Å². The monoisotopic (exact) mass is 541 g/mol. The lowest BCUT2D eigenvalue weighted by molar-refractivity contribution is -0.0379. The summed E-state index contributed by atoms with van der Waals surface area (Å²) >= 11 is 0. The van der Waals surface area contributed by atoms with Gasteiger partial charge < -0.3 is 4.74 Å². The van der Waals surface area contributed by atoms with Crippen LogP contribution < -0.4 is 0 Å². The van der Waals surface area contributed by atoms with E-state index in [0.29, 0.717) is 11.5 Å². The maximum Gasteiger partial charge on any atom is 0.269 e. The van der Waals surface area contributed by atoms with Crippen molar-refractivity contribution in [3.05, 3.63) is 58.5 Å². The van der Waals surface area contributed by atoms with E-state index in [2.05, 4.69) is 28.8 Å². The van der Waals surface area contributed by atoms with Crippen LogP contribution in [0.1, 0.15) is 123 Å². The second kappa shape index (κ2) is 14.0. The van der Waals surface area contributed by atoms with Crippen LogP contribution in [0.25, 0.3) is 4.85 Å². The number of ether oxygens (including phenoxy) is 1. The van der Waals surface area contributed by atoms with Crippen LogP contribution in [0.2, 0.25) is 0 Å². The number of nitrogens with zero attached hydrogens (tertiary/aromatic N) is 3. The maximum absolute atomic E-state index is 9.30. The number of nitriles is 1. The van der Waals surface area contributed by atoms with Gasteiger partial charge in [-0.05, 0) is 119 Å². The van der Waals surface area contributed by atoms with Crippen LogP contribution in [0.5, 0.6) is 0 Å². The molecular weight excluding hydrogens is 490 g/mol. The number of hydrogen-bond acceptors (Lipinski definition) is 3. The lowest BCUT2D eigenvalue weighted by atomic mass is 9.66. The minimum Gasteiger partial charge on any atom is -0.462 e. The van der Waals surface area contributed by atoms with Crippen LogP contribution in [-0.2, 0) is 4.74 Å². The summed E-state index contributed by atoms with van der Waals surface area (Å²) in [5, 5.41) is 9.30. The first-order chi connectivity index (χ1) is 19.6. The van der Waals surface area contributed by atoms with Crippen LogP contribution in [-0.4, -0.2) is 23.0 Å². The fraction of sp³-hybridized carbons (Fsp3) is 0.722. The van der Waals surface area contributed by atoms with Gasteiger partial charge in [-0.25, -0.2) is 10.1 Å². The van der Waals surface area contributed by atoms with Crippen molar-refractivity contribution in [3.63, 3.8) is 0 Å². The molecule has 0 saturated heterocycles. The molecule has 5 aliphatic rings. The van der Waals surface area contributed by atoms with E-state index in [1.54, 1.807) is 6.08 Å². The quantitative estimate of drug-likeness (QED) is 0.238. The van der Waals surface area contributed by atoms with E-state index in [4.69, 9.17) is 11.3 Å². The summed E-state index contributed by atoms with van der Waals surface area (Å²) in [5.74, 6) is 4.97. The molecule has 0 spiro atoms. The van der Waals surface area contributed by atoms with Crippen molar-refractivity contribution in [1.82, 2.24) is 4.90 Å². The highest BCUT2D eigenvalue weighted by atomic mass is 16.5. The van der Waals surface area contributed by atoms with Gasteiger partial charge in [0.2, 0.25) is 0 Å². The summed E-state index contributed by atoms with van der Waals surface area (Å²) in [5.41, 5.74) is 0.781. The van der Waals surface area contributed by atoms with Gasteiger partial charge in [0.1, 0.15) is 11.5 Å². The number of hydrogen-bond donors (Lipinski definition) is 0. The van der Waals surface area contributed by atoms with Crippen molar-refractivity contribution in [2.75, 3.05) is 0 Å². The Kier molecular flexibility index (Phi) is 10.3. The first-order valence-electron chi connectivity index (χ1n) is 16.6. The average molecular weight is 542 g/mol. The minimum atomic E-state index is 0.126. The summed E-state index contributed by atoms with van der Waals surface area (Å²) < 4.78 is 5.92. The van der Waals surface area contributed by atoms with E-state index in [-0.39, 0.29) is 5.70 Å². The smallest absolute Gasteiger partial charge is 0.269 e. The Hall–Kier alpha value is -2.30. The molecule has 40 heavy (non-hydrogen) atoms. The first kappa shape index (κ1) is 29.2. The van der Waals surface area contributed by atoms with Crippen LogP contribution in [0.3, 0.4) is 0 Å². The summed E-state index contributed by atoms with van der Waals surface area (Å²) in [4.78, 5) is 6.56. The van der Waals surface area contributed by atoms with E-state index >= 15 is 0 Å². The largest absolute Gasteiger partial charge is 0.462 e. The van der Waals surface area contributed by atoms with Gasteiger partial charge in [-0.3, -0.25) is 4.90 Å². The fourth-order valence-corrected chi connectivity index (χ4v) is 9.11. The Morgan fingerprint density at radius 3 is 2.38 bits per heavy atom. The van der Waals surface area contributed by atoms with E-state index in [1.165, 1.54) is 109 Å². The molecular formula is C36H51N3O. The molecule has 3 atom stereocenters. The molecule has 0 bridgehead atoms. The second-order valence-corrected chi connectivity index (χ2v) is 13.5. The Labute approximate surface area is 244 Å². The Bertz CT molecular complexity index is 1050. The van der Waals surface area contributed by atoms with Crippen LogP contribution in [0.15, 0.2) is 47.1 Å². The molecule has 1 heterocycles. The number of rotatable bonds is 7. The van der Waals surface area contributed by atoms with Crippen molar-refractivity contribution in [1.29, 1.82) is 5.26 Å². The summed E-state index contributed by atoms with van der Waals surface area (Å²) in [7, 11) is 0. The average Bonchev–Trinajstić information content (AvgIpc) is 2.98. The highest BCUT2D eigenvalue weighted by molar-refractivity contribution is 5.49. The van der Waals surface area contributed by atoms with Crippen molar-refractivity contribution >= 4 is 0 Å².